The molecule has 2 aromatic carbocycles. The second-order valence-electron chi connectivity index (χ2n) is 5.36. The van der Waals surface area contributed by atoms with Gasteiger partial charge in [0.25, 0.3) is 0 Å². The summed E-state index contributed by atoms with van der Waals surface area (Å²) in [5.74, 6) is 0.0232. The van der Waals surface area contributed by atoms with Gasteiger partial charge in [-0.25, -0.2) is 13.1 Å². The summed E-state index contributed by atoms with van der Waals surface area (Å²) in [6.07, 6.45) is -4.65. The van der Waals surface area contributed by atoms with Crippen LogP contribution >= 0.6 is 11.8 Å². The maximum absolute atomic E-state index is 12.7. The Balaban J connectivity index is 1.81. The minimum atomic E-state index is -4.65. The van der Waals surface area contributed by atoms with E-state index in [0.717, 1.165) is 23.1 Å². The van der Waals surface area contributed by atoms with Crippen LogP contribution in [0.3, 0.4) is 0 Å². The number of carbonyl (C=O) groups is 1. The van der Waals surface area contributed by atoms with Crippen molar-refractivity contribution < 1.29 is 26.4 Å². The predicted octanol–water partition coefficient (Wildman–Crippen LogP) is 2.89. The lowest BCUT2D eigenvalue weighted by atomic mass is 10.2. The van der Waals surface area contributed by atoms with Crippen LogP contribution in [0.15, 0.2) is 64.4 Å². The number of carbonyl (C=O) groups excluding carboxylic acids is 1. The zero-order valence-electron chi connectivity index (χ0n) is 14.0. The number of rotatable bonds is 8. The summed E-state index contributed by atoms with van der Waals surface area (Å²) in [5, 5.41) is 2.55. The van der Waals surface area contributed by atoms with Gasteiger partial charge in [0.2, 0.25) is 15.9 Å². The Kier molecular flexibility index (Phi) is 7.28. The van der Waals surface area contributed by atoms with Crippen molar-refractivity contribution in [3.63, 3.8) is 0 Å². The molecular formula is C17H17F3N2O3S2. The lowest BCUT2D eigenvalue weighted by molar-refractivity contribution is -0.137. The maximum atomic E-state index is 12.7. The third kappa shape index (κ3) is 6.89. The summed E-state index contributed by atoms with van der Waals surface area (Å²) >= 11 is 1.53. The molecule has 0 heterocycles. The Morgan fingerprint density at radius 3 is 2.41 bits per heavy atom. The largest absolute Gasteiger partial charge is 0.416 e. The number of sulfonamides is 1. The molecule has 0 aliphatic rings. The lowest BCUT2D eigenvalue weighted by Gasteiger charge is -2.10. The second-order valence-corrected chi connectivity index (χ2v) is 8.30. The summed E-state index contributed by atoms with van der Waals surface area (Å²) in [7, 11) is -4.23. The van der Waals surface area contributed by atoms with Crippen molar-refractivity contribution in [3.8, 4) is 0 Å². The van der Waals surface area contributed by atoms with Crippen molar-refractivity contribution in [3.05, 3.63) is 60.2 Å². The van der Waals surface area contributed by atoms with E-state index in [1.165, 1.54) is 11.8 Å². The molecule has 0 bridgehead atoms. The van der Waals surface area contributed by atoms with Crippen LogP contribution in [-0.4, -0.2) is 33.2 Å². The van der Waals surface area contributed by atoms with Crippen molar-refractivity contribution in [1.82, 2.24) is 10.0 Å². The lowest BCUT2D eigenvalue weighted by Crippen LogP contribution is -2.37. The number of amides is 1. The van der Waals surface area contributed by atoms with Gasteiger partial charge in [-0.05, 0) is 30.3 Å². The van der Waals surface area contributed by atoms with Gasteiger partial charge >= 0.3 is 6.18 Å². The Hall–Kier alpha value is -2.04. The number of hydrogen-bond acceptors (Lipinski definition) is 4. The first kappa shape index (κ1) is 21.3. The standard InChI is InChI=1S/C17H17F3N2O3S2/c18-17(19,20)13-5-4-8-15(11-13)27(24,25)22-12-16(23)21-9-10-26-14-6-2-1-3-7-14/h1-8,11,22H,9-10,12H2,(H,21,23). The quantitative estimate of drug-likeness (QED) is 0.511. The Morgan fingerprint density at radius 2 is 1.74 bits per heavy atom. The summed E-state index contributed by atoms with van der Waals surface area (Å²) in [6, 6.07) is 12.9. The molecule has 146 valence electrons. The molecule has 0 spiro atoms. The molecule has 0 aromatic heterocycles. The van der Waals surface area contributed by atoms with Gasteiger partial charge in [0.1, 0.15) is 0 Å². The van der Waals surface area contributed by atoms with Gasteiger partial charge in [-0.2, -0.15) is 13.2 Å². The van der Waals surface area contributed by atoms with E-state index in [1.807, 2.05) is 35.1 Å². The molecular weight excluding hydrogens is 401 g/mol. The topological polar surface area (TPSA) is 75.3 Å². The van der Waals surface area contributed by atoms with Crippen LogP contribution in [0, 0.1) is 0 Å². The normalized spacial score (nSPS) is 12.0. The van der Waals surface area contributed by atoms with Gasteiger partial charge in [-0.1, -0.05) is 24.3 Å². The zero-order valence-corrected chi connectivity index (χ0v) is 15.6. The Bertz CT molecular complexity index is 872. The molecule has 0 aliphatic carbocycles. The third-order valence-corrected chi connectivity index (χ3v) is 5.74. The maximum Gasteiger partial charge on any atom is 0.416 e. The van der Waals surface area contributed by atoms with Gasteiger partial charge in [0, 0.05) is 17.2 Å². The summed E-state index contributed by atoms with van der Waals surface area (Å²) in [6.45, 7) is -0.238. The van der Waals surface area contributed by atoms with Crippen molar-refractivity contribution in [2.24, 2.45) is 0 Å². The summed E-state index contributed by atoms with van der Waals surface area (Å²) < 4.78 is 64.2. The van der Waals surface area contributed by atoms with E-state index in [9.17, 15) is 26.4 Å². The minimum Gasteiger partial charge on any atom is -0.354 e. The number of hydrogen-bond donors (Lipinski definition) is 2. The van der Waals surface area contributed by atoms with E-state index in [2.05, 4.69) is 5.32 Å². The van der Waals surface area contributed by atoms with Crippen LogP contribution < -0.4 is 10.0 Å². The average Bonchev–Trinajstić information content (AvgIpc) is 2.64. The highest BCUT2D eigenvalue weighted by atomic mass is 32.2. The molecule has 0 saturated heterocycles. The van der Waals surface area contributed by atoms with Crippen LogP contribution in [0.4, 0.5) is 13.2 Å². The van der Waals surface area contributed by atoms with E-state index < -0.39 is 39.1 Å². The Labute approximate surface area is 159 Å². The van der Waals surface area contributed by atoms with Gasteiger partial charge in [0.15, 0.2) is 0 Å². The summed E-state index contributed by atoms with van der Waals surface area (Å²) in [5.41, 5.74) is -1.08. The highest BCUT2D eigenvalue weighted by Crippen LogP contribution is 2.30. The number of alkyl halides is 3. The van der Waals surface area contributed by atoms with E-state index in [0.29, 0.717) is 18.4 Å². The molecule has 2 rings (SSSR count). The molecule has 0 aliphatic heterocycles. The summed E-state index contributed by atoms with van der Waals surface area (Å²) in [4.78, 5) is 12.2. The van der Waals surface area contributed by atoms with Crippen molar-refractivity contribution in [2.45, 2.75) is 16.0 Å². The molecule has 0 unspecified atom stereocenters. The molecule has 2 N–H and O–H groups in total. The van der Waals surface area contributed by atoms with E-state index in [1.54, 1.807) is 0 Å². The van der Waals surface area contributed by atoms with E-state index in [4.69, 9.17) is 0 Å². The highest BCUT2D eigenvalue weighted by Gasteiger charge is 2.31. The number of halogens is 3. The molecule has 0 radical (unpaired) electrons. The molecule has 0 fully saturated rings. The molecule has 0 saturated carbocycles. The average molecular weight is 418 g/mol. The number of thioether (sulfide) groups is 1. The first-order valence-electron chi connectivity index (χ1n) is 7.80. The highest BCUT2D eigenvalue weighted by molar-refractivity contribution is 7.99. The van der Waals surface area contributed by atoms with Crippen LogP contribution in [0.5, 0.6) is 0 Å². The molecule has 10 heteroatoms. The fraction of sp³-hybridized carbons (Fsp3) is 0.235. The van der Waals surface area contributed by atoms with Crippen molar-refractivity contribution in [1.29, 1.82) is 0 Å². The number of nitrogens with one attached hydrogen (secondary N) is 2. The second kappa shape index (κ2) is 9.25. The van der Waals surface area contributed by atoms with E-state index in [-0.39, 0.29) is 0 Å². The molecule has 27 heavy (non-hydrogen) atoms. The zero-order chi connectivity index (χ0) is 19.9. The third-order valence-electron chi connectivity index (χ3n) is 3.33. The van der Waals surface area contributed by atoms with E-state index >= 15 is 0 Å². The van der Waals surface area contributed by atoms with Crippen LogP contribution in [0.2, 0.25) is 0 Å². The smallest absolute Gasteiger partial charge is 0.354 e. The molecule has 2 aromatic rings. The predicted molar refractivity (Wildman–Crippen MR) is 96.8 cm³/mol. The molecule has 0 atom stereocenters. The van der Waals surface area contributed by atoms with Gasteiger partial charge < -0.3 is 5.32 Å². The van der Waals surface area contributed by atoms with Crippen LogP contribution in [0.1, 0.15) is 5.56 Å². The van der Waals surface area contributed by atoms with Crippen molar-refractivity contribution >= 4 is 27.7 Å². The van der Waals surface area contributed by atoms with Gasteiger partial charge in [-0.3, -0.25) is 4.79 Å². The monoisotopic (exact) mass is 418 g/mol. The fourth-order valence-electron chi connectivity index (χ4n) is 2.02. The van der Waals surface area contributed by atoms with Crippen LogP contribution in [0.25, 0.3) is 0 Å². The molecule has 5 nitrogen and oxygen atoms in total. The Morgan fingerprint density at radius 1 is 1.04 bits per heavy atom. The van der Waals surface area contributed by atoms with Crippen molar-refractivity contribution in [2.75, 3.05) is 18.8 Å². The van der Waals surface area contributed by atoms with Crippen LogP contribution in [-0.2, 0) is 21.0 Å². The van der Waals surface area contributed by atoms with Gasteiger partial charge in [0.05, 0.1) is 17.0 Å². The molecule has 1 amide bonds. The number of benzene rings is 2. The van der Waals surface area contributed by atoms with Gasteiger partial charge in [-0.15, -0.1) is 11.8 Å². The fourth-order valence-corrected chi connectivity index (χ4v) is 3.84. The first-order chi connectivity index (χ1) is 12.7. The minimum absolute atomic E-state index is 0.323. The first-order valence-corrected chi connectivity index (χ1v) is 10.3. The SMILES string of the molecule is O=C(CNS(=O)(=O)c1cccc(C(F)(F)F)c1)NCCSc1ccccc1.